The third kappa shape index (κ3) is 3.43. The summed E-state index contributed by atoms with van der Waals surface area (Å²) in [5.74, 6) is 0.363. The van der Waals surface area contributed by atoms with Gasteiger partial charge in [-0.05, 0) is 30.9 Å². The number of anilines is 1. The molecule has 2 unspecified atom stereocenters. The van der Waals surface area contributed by atoms with E-state index in [-0.39, 0.29) is 11.5 Å². The van der Waals surface area contributed by atoms with Gasteiger partial charge >= 0.3 is 0 Å². The zero-order chi connectivity index (χ0) is 13.9. The second kappa shape index (κ2) is 5.67. The summed E-state index contributed by atoms with van der Waals surface area (Å²) >= 11 is 0. The van der Waals surface area contributed by atoms with Crippen molar-refractivity contribution in [1.29, 1.82) is 0 Å². The predicted octanol–water partition coefficient (Wildman–Crippen LogP) is 2.46. The minimum absolute atomic E-state index is 0.175. The van der Waals surface area contributed by atoms with E-state index in [9.17, 15) is 5.11 Å². The summed E-state index contributed by atoms with van der Waals surface area (Å²) in [5.41, 5.74) is 7.28. The second-order valence-corrected chi connectivity index (χ2v) is 5.67. The number of ether oxygens (including phenoxy) is 1. The maximum absolute atomic E-state index is 10.5. The van der Waals surface area contributed by atoms with Crippen LogP contribution in [0.5, 0.6) is 0 Å². The molecule has 102 valence electrons. The van der Waals surface area contributed by atoms with Crippen molar-refractivity contribution < 1.29 is 9.84 Å². The number of nitrogens with two attached hydrogens (primary N) is 1. The Balaban J connectivity index is 3.09. The Morgan fingerprint density at radius 1 is 1.44 bits per heavy atom. The van der Waals surface area contributed by atoms with E-state index in [4.69, 9.17) is 10.5 Å². The lowest BCUT2D eigenvalue weighted by atomic mass is 9.83. The average Bonchev–Trinajstić information content (AvgIpc) is 2.27. The van der Waals surface area contributed by atoms with Gasteiger partial charge in [0.25, 0.3) is 0 Å². The number of aliphatic hydroxyl groups excluding tert-OH is 1. The largest absolute Gasteiger partial charge is 0.386 e. The molecule has 4 nitrogen and oxygen atoms in total. The van der Waals surface area contributed by atoms with E-state index in [1.807, 2.05) is 40.7 Å². The van der Waals surface area contributed by atoms with Gasteiger partial charge in [-0.3, -0.25) is 0 Å². The highest BCUT2D eigenvalue weighted by molar-refractivity contribution is 5.42. The van der Waals surface area contributed by atoms with Crippen molar-refractivity contribution in [3.63, 3.8) is 0 Å². The highest BCUT2D eigenvalue weighted by Gasteiger charge is 2.34. The van der Waals surface area contributed by atoms with Crippen molar-refractivity contribution >= 4 is 5.82 Å². The van der Waals surface area contributed by atoms with Gasteiger partial charge in [0.05, 0.1) is 6.10 Å². The smallest absolute Gasteiger partial charge is 0.129 e. The van der Waals surface area contributed by atoms with Crippen LogP contribution in [0.2, 0.25) is 0 Å². The Bertz CT molecular complexity index is 399. The van der Waals surface area contributed by atoms with Crippen LogP contribution >= 0.6 is 0 Å². The van der Waals surface area contributed by atoms with Gasteiger partial charge in [-0.1, -0.05) is 20.8 Å². The van der Waals surface area contributed by atoms with Gasteiger partial charge in [0.2, 0.25) is 0 Å². The van der Waals surface area contributed by atoms with E-state index in [1.54, 1.807) is 6.20 Å². The van der Waals surface area contributed by atoms with Crippen LogP contribution in [0.3, 0.4) is 0 Å². The van der Waals surface area contributed by atoms with Crippen LogP contribution in [0.4, 0.5) is 5.82 Å². The molecular weight excluding hydrogens is 228 g/mol. The summed E-state index contributed by atoms with van der Waals surface area (Å²) in [6, 6.07) is 1.87. The fourth-order valence-electron chi connectivity index (χ4n) is 2.00. The summed E-state index contributed by atoms with van der Waals surface area (Å²) in [4.78, 5) is 4.09. The van der Waals surface area contributed by atoms with E-state index in [2.05, 4.69) is 4.98 Å². The molecule has 0 aliphatic heterocycles. The van der Waals surface area contributed by atoms with Crippen molar-refractivity contribution in [1.82, 2.24) is 4.98 Å². The molecular formula is C14H24N2O2. The molecule has 3 N–H and O–H groups in total. The number of aromatic nitrogens is 1. The molecule has 0 bridgehead atoms. The van der Waals surface area contributed by atoms with Crippen LogP contribution in [-0.2, 0) is 4.74 Å². The molecule has 0 saturated carbocycles. The maximum atomic E-state index is 10.5. The summed E-state index contributed by atoms with van der Waals surface area (Å²) < 4.78 is 5.68. The number of nitrogens with zero attached hydrogens (tertiary/aromatic N) is 1. The third-order valence-corrected chi connectivity index (χ3v) is 2.89. The molecule has 0 amide bonds. The maximum Gasteiger partial charge on any atom is 0.129 e. The van der Waals surface area contributed by atoms with Crippen molar-refractivity contribution in [3.8, 4) is 0 Å². The monoisotopic (exact) mass is 252 g/mol. The van der Waals surface area contributed by atoms with Crippen LogP contribution in [-0.4, -0.2) is 22.8 Å². The molecule has 0 aromatic carbocycles. The van der Waals surface area contributed by atoms with Gasteiger partial charge in [0, 0.05) is 18.4 Å². The summed E-state index contributed by atoms with van der Waals surface area (Å²) in [7, 11) is 0. The van der Waals surface area contributed by atoms with Crippen LogP contribution in [0.1, 0.15) is 44.9 Å². The minimum Gasteiger partial charge on any atom is -0.386 e. The Morgan fingerprint density at radius 2 is 2.06 bits per heavy atom. The molecule has 0 radical (unpaired) electrons. The molecule has 0 saturated heterocycles. The molecule has 1 heterocycles. The Labute approximate surface area is 109 Å². The number of pyridine rings is 1. The van der Waals surface area contributed by atoms with Crippen molar-refractivity contribution in [2.24, 2.45) is 5.41 Å². The van der Waals surface area contributed by atoms with Gasteiger partial charge in [0.15, 0.2) is 0 Å². The third-order valence-electron chi connectivity index (χ3n) is 2.89. The predicted molar refractivity (Wildman–Crippen MR) is 73.2 cm³/mol. The van der Waals surface area contributed by atoms with Crippen LogP contribution in [0, 0.1) is 12.3 Å². The Kier molecular flexibility index (Phi) is 4.71. The number of aliphatic hydroxyl groups is 1. The van der Waals surface area contributed by atoms with E-state index >= 15 is 0 Å². The first-order valence-corrected chi connectivity index (χ1v) is 6.29. The minimum atomic E-state index is -0.766. The molecule has 0 aliphatic rings. The van der Waals surface area contributed by atoms with E-state index in [1.165, 1.54) is 0 Å². The average molecular weight is 252 g/mol. The van der Waals surface area contributed by atoms with Gasteiger partial charge in [-0.25, -0.2) is 4.98 Å². The first-order valence-electron chi connectivity index (χ1n) is 6.29. The molecule has 2 atom stereocenters. The molecule has 1 aromatic heterocycles. The van der Waals surface area contributed by atoms with Gasteiger partial charge in [-0.2, -0.15) is 0 Å². The Hall–Kier alpha value is -1.13. The van der Waals surface area contributed by atoms with Gasteiger partial charge in [0.1, 0.15) is 11.9 Å². The molecule has 0 fully saturated rings. The standard InChI is InChI=1S/C14H24N2O2/c1-6-18-12(14(3,4)5)11(17)10-7-9(2)8-16-13(10)15/h7-8,11-12,17H,6H2,1-5H3,(H2,15,16). The number of aryl methyl sites for hydroxylation is 1. The highest BCUT2D eigenvalue weighted by Crippen LogP contribution is 2.34. The lowest BCUT2D eigenvalue weighted by Gasteiger charge is -2.34. The van der Waals surface area contributed by atoms with E-state index < -0.39 is 6.10 Å². The highest BCUT2D eigenvalue weighted by atomic mass is 16.5. The summed E-state index contributed by atoms with van der Waals surface area (Å²) in [5, 5.41) is 10.5. The van der Waals surface area contributed by atoms with Gasteiger partial charge < -0.3 is 15.6 Å². The van der Waals surface area contributed by atoms with Gasteiger partial charge in [-0.15, -0.1) is 0 Å². The first kappa shape index (κ1) is 14.9. The number of hydrogen-bond donors (Lipinski definition) is 2. The van der Waals surface area contributed by atoms with E-state index in [0.29, 0.717) is 18.0 Å². The zero-order valence-electron chi connectivity index (χ0n) is 11.9. The van der Waals surface area contributed by atoms with Crippen LogP contribution in [0.15, 0.2) is 12.3 Å². The number of nitrogen functional groups attached to an aromatic ring is 1. The second-order valence-electron chi connectivity index (χ2n) is 5.67. The molecule has 0 aliphatic carbocycles. The first-order chi connectivity index (χ1) is 8.27. The fraction of sp³-hybridized carbons (Fsp3) is 0.643. The van der Waals surface area contributed by atoms with E-state index in [0.717, 1.165) is 5.56 Å². The number of hydrogen-bond acceptors (Lipinski definition) is 4. The summed E-state index contributed by atoms with van der Waals surface area (Å²) in [6.45, 7) is 10.5. The Morgan fingerprint density at radius 3 is 2.56 bits per heavy atom. The van der Waals surface area contributed by atoms with Crippen LogP contribution in [0.25, 0.3) is 0 Å². The van der Waals surface area contributed by atoms with Crippen LogP contribution < -0.4 is 5.73 Å². The SMILES string of the molecule is CCOC(C(O)c1cc(C)cnc1N)C(C)(C)C. The molecule has 18 heavy (non-hydrogen) atoms. The zero-order valence-corrected chi connectivity index (χ0v) is 11.9. The number of rotatable bonds is 4. The fourth-order valence-corrected chi connectivity index (χ4v) is 2.00. The molecule has 1 rings (SSSR count). The molecule has 4 heteroatoms. The normalized spacial score (nSPS) is 15.4. The lowest BCUT2D eigenvalue weighted by molar-refractivity contribution is -0.0897. The van der Waals surface area contributed by atoms with Crippen molar-refractivity contribution in [2.45, 2.75) is 46.8 Å². The summed E-state index contributed by atoms with van der Waals surface area (Å²) in [6.07, 6.45) is 0.615. The van der Waals surface area contributed by atoms with Crippen molar-refractivity contribution in [3.05, 3.63) is 23.4 Å². The molecule has 1 aromatic rings. The lowest BCUT2D eigenvalue weighted by Crippen LogP contribution is -2.35. The quantitative estimate of drug-likeness (QED) is 0.863. The topological polar surface area (TPSA) is 68.4 Å². The van der Waals surface area contributed by atoms with Crippen molar-refractivity contribution in [2.75, 3.05) is 12.3 Å². The molecule has 0 spiro atoms.